The largest absolute Gasteiger partial charge is 0.508 e. The number of aromatic hydroxyl groups is 1. The molecule has 0 radical (unpaired) electrons. The van der Waals surface area contributed by atoms with Gasteiger partial charge in [0, 0.05) is 5.56 Å². The molecule has 3 rings (SSSR count). The molecule has 5 nitrogen and oxygen atoms in total. The molecule has 0 aliphatic heterocycles. The summed E-state index contributed by atoms with van der Waals surface area (Å²) in [6, 6.07) is 21.0. The van der Waals surface area contributed by atoms with E-state index in [1.165, 1.54) is 24.3 Å². The minimum atomic E-state index is -4.01. The van der Waals surface area contributed by atoms with Gasteiger partial charge < -0.3 is 5.11 Å². The summed E-state index contributed by atoms with van der Waals surface area (Å²) in [4.78, 5) is 13.0. The van der Waals surface area contributed by atoms with Gasteiger partial charge in [0.05, 0.1) is 17.4 Å². The SMILES string of the molecule is Cc1ccc(S(=O)(=O)OCC(C(=O)c2ccccc2)c2ccc(O)cc2)cc1. The molecule has 3 aromatic carbocycles. The lowest BCUT2D eigenvalue weighted by Gasteiger charge is -2.17. The van der Waals surface area contributed by atoms with E-state index in [2.05, 4.69) is 0 Å². The second-order valence-corrected chi connectivity index (χ2v) is 8.04. The van der Waals surface area contributed by atoms with Gasteiger partial charge in [-0.3, -0.25) is 8.98 Å². The van der Waals surface area contributed by atoms with Crippen molar-refractivity contribution in [3.05, 3.63) is 95.6 Å². The molecule has 0 amide bonds. The Morgan fingerprint density at radius 1 is 0.929 bits per heavy atom. The van der Waals surface area contributed by atoms with E-state index < -0.39 is 16.0 Å². The molecule has 0 heterocycles. The molecule has 1 unspecified atom stereocenters. The Morgan fingerprint density at radius 3 is 2.14 bits per heavy atom. The number of phenolic OH excluding ortho intramolecular Hbond substituents is 1. The van der Waals surface area contributed by atoms with Crippen LogP contribution in [0.1, 0.15) is 27.4 Å². The molecule has 3 aromatic rings. The summed E-state index contributed by atoms with van der Waals surface area (Å²) in [6.45, 7) is 1.52. The van der Waals surface area contributed by atoms with Gasteiger partial charge in [-0.25, -0.2) is 0 Å². The van der Waals surface area contributed by atoms with Crippen LogP contribution in [0, 0.1) is 6.92 Å². The van der Waals surface area contributed by atoms with E-state index in [1.54, 1.807) is 54.6 Å². The molecule has 0 spiro atoms. The fourth-order valence-corrected chi connectivity index (χ4v) is 3.68. The third-order valence-corrected chi connectivity index (χ3v) is 5.67. The van der Waals surface area contributed by atoms with Crippen molar-refractivity contribution in [2.75, 3.05) is 6.61 Å². The number of hydrogen-bond donors (Lipinski definition) is 1. The van der Waals surface area contributed by atoms with Gasteiger partial charge in [0.1, 0.15) is 5.75 Å². The first kappa shape index (κ1) is 19.8. The normalized spacial score (nSPS) is 12.5. The summed E-state index contributed by atoms with van der Waals surface area (Å²) in [5.41, 5.74) is 1.95. The van der Waals surface area contributed by atoms with Gasteiger partial charge in [0.2, 0.25) is 0 Å². The van der Waals surface area contributed by atoms with Gasteiger partial charge in [-0.1, -0.05) is 60.2 Å². The summed E-state index contributed by atoms with van der Waals surface area (Å²) in [5.74, 6) is -1.03. The van der Waals surface area contributed by atoms with Crippen molar-refractivity contribution < 1.29 is 22.5 Å². The Balaban J connectivity index is 1.88. The summed E-state index contributed by atoms with van der Waals surface area (Å²) in [6.07, 6.45) is 0. The minimum Gasteiger partial charge on any atom is -0.508 e. The highest BCUT2D eigenvalue weighted by molar-refractivity contribution is 7.86. The number of hydrogen-bond acceptors (Lipinski definition) is 5. The third kappa shape index (κ3) is 4.65. The lowest BCUT2D eigenvalue weighted by Crippen LogP contribution is -2.21. The molecule has 28 heavy (non-hydrogen) atoms. The lowest BCUT2D eigenvalue weighted by atomic mass is 9.91. The van der Waals surface area contributed by atoms with Gasteiger partial charge in [-0.05, 0) is 36.8 Å². The van der Waals surface area contributed by atoms with Crippen molar-refractivity contribution >= 4 is 15.9 Å². The van der Waals surface area contributed by atoms with E-state index >= 15 is 0 Å². The highest BCUT2D eigenvalue weighted by Crippen LogP contribution is 2.25. The topological polar surface area (TPSA) is 80.7 Å². The summed E-state index contributed by atoms with van der Waals surface area (Å²) >= 11 is 0. The van der Waals surface area contributed by atoms with Gasteiger partial charge in [0.25, 0.3) is 10.1 Å². The Kier molecular flexibility index (Phi) is 5.92. The van der Waals surface area contributed by atoms with Crippen LogP contribution in [0.3, 0.4) is 0 Å². The van der Waals surface area contributed by atoms with Crippen molar-refractivity contribution in [3.8, 4) is 5.75 Å². The maximum absolute atomic E-state index is 13.0. The van der Waals surface area contributed by atoms with E-state index in [-0.39, 0.29) is 23.0 Å². The first-order valence-electron chi connectivity index (χ1n) is 8.71. The minimum absolute atomic E-state index is 0.0368. The molecule has 0 fully saturated rings. The number of ketones is 1. The summed E-state index contributed by atoms with van der Waals surface area (Å²) in [7, 11) is -4.01. The average Bonchev–Trinajstić information content (AvgIpc) is 2.70. The van der Waals surface area contributed by atoms with Crippen molar-refractivity contribution in [2.24, 2.45) is 0 Å². The zero-order valence-electron chi connectivity index (χ0n) is 15.3. The molecule has 6 heteroatoms. The standard InChI is InChI=1S/C22H20O5S/c1-16-7-13-20(14-8-16)28(25,26)27-15-21(17-9-11-19(23)12-10-17)22(24)18-5-3-2-4-6-18/h2-14,21,23H,15H2,1H3. The monoisotopic (exact) mass is 396 g/mol. The van der Waals surface area contributed by atoms with E-state index in [0.29, 0.717) is 11.1 Å². The number of benzene rings is 3. The number of carbonyl (C=O) groups is 1. The van der Waals surface area contributed by atoms with E-state index in [0.717, 1.165) is 5.56 Å². The molecule has 0 bridgehead atoms. The quantitative estimate of drug-likeness (QED) is 0.481. The molecular weight excluding hydrogens is 376 g/mol. The molecule has 0 aliphatic rings. The van der Waals surface area contributed by atoms with E-state index in [9.17, 15) is 18.3 Å². The molecule has 144 valence electrons. The smallest absolute Gasteiger partial charge is 0.297 e. The third-order valence-electron chi connectivity index (χ3n) is 4.37. The molecule has 1 N–H and O–H groups in total. The summed E-state index contributed by atoms with van der Waals surface area (Å²) < 4.78 is 30.3. The van der Waals surface area contributed by atoms with Crippen LogP contribution in [0.5, 0.6) is 5.75 Å². The number of aryl methyl sites for hydroxylation is 1. The number of carbonyl (C=O) groups excluding carboxylic acids is 1. The molecular formula is C22H20O5S. The molecule has 0 aromatic heterocycles. The van der Waals surface area contributed by atoms with Crippen LogP contribution in [0.4, 0.5) is 0 Å². The van der Waals surface area contributed by atoms with Crippen LogP contribution >= 0.6 is 0 Å². The Hall–Kier alpha value is -2.96. The van der Waals surface area contributed by atoms with Crippen molar-refractivity contribution in [2.45, 2.75) is 17.7 Å². The second kappa shape index (κ2) is 8.37. The molecule has 0 saturated heterocycles. The Bertz CT molecular complexity index is 1040. The van der Waals surface area contributed by atoms with Crippen molar-refractivity contribution in [1.82, 2.24) is 0 Å². The predicted molar refractivity (Wildman–Crippen MR) is 106 cm³/mol. The fourth-order valence-electron chi connectivity index (χ4n) is 2.76. The molecule has 0 aliphatic carbocycles. The Morgan fingerprint density at radius 2 is 1.54 bits per heavy atom. The van der Waals surface area contributed by atoms with Gasteiger partial charge >= 0.3 is 0 Å². The van der Waals surface area contributed by atoms with Crippen molar-refractivity contribution in [3.63, 3.8) is 0 Å². The zero-order valence-corrected chi connectivity index (χ0v) is 16.1. The van der Waals surface area contributed by atoms with Crippen LogP contribution in [0.25, 0.3) is 0 Å². The maximum Gasteiger partial charge on any atom is 0.297 e. The van der Waals surface area contributed by atoms with Crippen LogP contribution in [0.15, 0.2) is 83.8 Å². The molecule has 1 atom stereocenters. The van der Waals surface area contributed by atoms with Crippen molar-refractivity contribution in [1.29, 1.82) is 0 Å². The van der Waals surface area contributed by atoms with Gasteiger partial charge in [0.15, 0.2) is 5.78 Å². The lowest BCUT2D eigenvalue weighted by molar-refractivity contribution is 0.0933. The zero-order chi connectivity index (χ0) is 20.1. The van der Waals surface area contributed by atoms with E-state index in [4.69, 9.17) is 4.18 Å². The average molecular weight is 396 g/mol. The summed E-state index contributed by atoms with van der Waals surface area (Å²) in [5, 5.41) is 9.51. The van der Waals surface area contributed by atoms with Crippen LogP contribution in [-0.2, 0) is 14.3 Å². The number of phenols is 1. The first-order chi connectivity index (χ1) is 13.4. The second-order valence-electron chi connectivity index (χ2n) is 6.43. The highest BCUT2D eigenvalue weighted by Gasteiger charge is 2.26. The fraction of sp³-hybridized carbons (Fsp3) is 0.136. The number of Topliss-reactive ketones (excluding diaryl/α,β-unsaturated/α-hetero) is 1. The predicted octanol–water partition coefficient (Wildman–Crippen LogP) is 4.07. The van der Waals surface area contributed by atoms with Crippen LogP contribution in [0.2, 0.25) is 0 Å². The molecule has 0 saturated carbocycles. The Labute approximate surface area is 164 Å². The maximum atomic E-state index is 13.0. The number of rotatable bonds is 7. The van der Waals surface area contributed by atoms with Crippen LogP contribution in [-0.4, -0.2) is 25.9 Å². The van der Waals surface area contributed by atoms with Gasteiger partial charge in [-0.15, -0.1) is 0 Å². The van der Waals surface area contributed by atoms with Crippen LogP contribution < -0.4 is 0 Å². The van der Waals surface area contributed by atoms with E-state index in [1.807, 2.05) is 6.92 Å². The first-order valence-corrected chi connectivity index (χ1v) is 10.1. The van der Waals surface area contributed by atoms with Gasteiger partial charge in [-0.2, -0.15) is 8.42 Å². The highest BCUT2D eigenvalue weighted by atomic mass is 32.2.